The minimum absolute atomic E-state index is 0.166. The molecule has 1 atom stereocenters. The topological polar surface area (TPSA) is 63.0 Å². The first-order valence-corrected chi connectivity index (χ1v) is 6.35. The second kappa shape index (κ2) is 5.14. The first kappa shape index (κ1) is 12.5. The molecule has 0 amide bonds. The van der Waals surface area contributed by atoms with Crippen LogP contribution in [-0.2, 0) is 13.0 Å². The maximum absolute atomic E-state index is 5.21. The van der Waals surface area contributed by atoms with Gasteiger partial charge in [0.05, 0.1) is 6.54 Å². The first-order chi connectivity index (χ1) is 8.07. The van der Waals surface area contributed by atoms with Gasteiger partial charge in [0.15, 0.2) is 5.82 Å². The minimum Gasteiger partial charge on any atom is -0.339 e. The maximum atomic E-state index is 5.21. The zero-order valence-corrected chi connectivity index (χ0v) is 10.9. The molecule has 2 heterocycles. The minimum atomic E-state index is 0.166. The molecule has 0 spiro atoms. The number of hydrogen-bond acceptors (Lipinski definition) is 5. The molecule has 0 aromatic carbocycles. The summed E-state index contributed by atoms with van der Waals surface area (Å²) in [5.74, 6) is 2.05. The Balaban J connectivity index is 1.84. The average molecular weight is 238 g/mol. The molecule has 0 aliphatic carbocycles. The Morgan fingerprint density at radius 2 is 2.35 bits per heavy atom. The molecule has 1 aliphatic rings. The predicted molar refractivity (Wildman–Crippen MR) is 65.6 cm³/mol. The van der Waals surface area contributed by atoms with E-state index in [1.54, 1.807) is 0 Å². The summed E-state index contributed by atoms with van der Waals surface area (Å²) in [6, 6.07) is 0. The van der Waals surface area contributed by atoms with E-state index in [1.807, 2.05) is 0 Å². The van der Waals surface area contributed by atoms with E-state index in [-0.39, 0.29) is 5.54 Å². The molecule has 1 aromatic heterocycles. The summed E-state index contributed by atoms with van der Waals surface area (Å²) < 4.78 is 5.21. The second-order valence-corrected chi connectivity index (χ2v) is 5.54. The molecule has 96 valence electrons. The SMILES string of the molecule is CC(C)Cc1nc(CNC2(C)CCNC2)no1. The summed E-state index contributed by atoms with van der Waals surface area (Å²) in [6.07, 6.45) is 2.00. The highest BCUT2D eigenvalue weighted by atomic mass is 16.5. The molecule has 1 aromatic rings. The average Bonchev–Trinajstić information content (AvgIpc) is 2.85. The van der Waals surface area contributed by atoms with Gasteiger partial charge in [-0.05, 0) is 25.8 Å². The van der Waals surface area contributed by atoms with Gasteiger partial charge in [-0.3, -0.25) is 0 Å². The molecule has 1 saturated heterocycles. The third kappa shape index (κ3) is 3.51. The molecule has 5 heteroatoms. The fourth-order valence-corrected chi connectivity index (χ4v) is 2.05. The molecule has 0 bridgehead atoms. The van der Waals surface area contributed by atoms with Crippen LogP contribution < -0.4 is 10.6 Å². The third-order valence-corrected chi connectivity index (χ3v) is 3.14. The molecular weight excluding hydrogens is 216 g/mol. The van der Waals surface area contributed by atoms with E-state index in [0.717, 1.165) is 37.6 Å². The van der Waals surface area contributed by atoms with Crippen molar-refractivity contribution in [3.05, 3.63) is 11.7 Å². The lowest BCUT2D eigenvalue weighted by atomic mass is 10.0. The second-order valence-electron chi connectivity index (χ2n) is 5.54. The first-order valence-electron chi connectivity index (χ1n) is 6.35. The van der Waals surface area contributed by atoms with E-state index in [0.29, 0.717) is 12.5 Å². The normalized spacial score (nSPS) is 24.7. The summed E-state index contributed by atoms with van der Waals surface area (Å²) in [5.41, 5.74) is 0.166. The third-order valence-electron chi connectivity index (χ3n) is 3.14. The van der Waals surface area contributed by atoms with Crippen LogP contribution in [0.1, 0.15) is 38.9 Å². The Bertz CT molecular complexity index is 355. The molecule has 5 nitrogen and oxygen atoms in total. The van der Waals surface area contributed by atoms with Gasteiger partial charge in [0, 0.05) is 18.5 Å². The van der Waals surface area contributed by atoms with Gasteiger partial charge in [0.25, 0.3) is 0 Å². The molecule has 1 unspecified atom stereocenters. The molecular formula is C12H22N4O. The van der Waals surface area contributed by atoms with Crippen LogP contribution in [0.25, 0.3) is 0 Å². The van der Waals surface area contributed by atoms with Crippen molar-refractivity contribution in [2.45, 2.75) is 45.7 Å². The Hall–Kier alpha value is -0.940. The number of nitrogens with one attached hydrogen (secondary N) is 2. The Labute approximate surface area is 102 Å². The van der Waals surface area contributed by atoms with Gasteiger partial charge in [-0.25, -0.2) is 0 Å². The molecule has 17 heavy (non-hydrogen) atoms. The lowest BCUT2D eigenvalue weighted by Gasteiger charge is -2.23. The summed E-state index contributed by atoms with van der Waals surface area (Å²) in [6.45, 7) is 9.28. The van der Waals surface area contributed by atoms with Crippen LogP contribution >= 0.6 is 0 Å². The Kier molecular flexibility index (Phi) is 3.79. The van der Waals surface area contributed by atoms with Crippen LogP contribution in [0.2, 0.25) is 0 Å². The van der Waals surface area contributed by atoms with E-state index < -0.39 is 0 Å². The highest BCUT2D eigenvalue weighted by Crippen LogP contribution is 2.14. The molecule has 0 saturated carbocycles. The van der Waals surface area contributed by atoms with Crippen molar-refractivity contribution in [2.24, 2.45) is 5.92 Å². The van der Waals surface area contributed by atoms with Crippen LogP contribution in [0.5, 0.6) is 0 Å². The van der Waals surface area contributed by atoms with Crippen LogP contribution in [-0.4, -0.2) is 28.8 Å². The van der Waals surface area contributed by atoms with E-state index in [2.05, 4.69) is 41.5 Å². The van der Waals surface area contributed by atoms with Gasteiger partial charge in [-0.1, -0.05) is 19.0 Å². The predicted octanol–water partition coefficient (Wildman–Crippen LogP) is 1.11. The zero-order chi connectivity index (χ0) is 12.3. The summed E-state index contributed by atoms with van der Waals surface area (Å²) >= 11 is 0. The Morgan fingerprint density at radius 3 is 3.00 bits per heavy atom. The fraction of sp³-hybridized carbons (Fsp3) is 0.833. The summed E-state index contributed by atoms with van der Waals surface area (Å²) in [4.78, 5) is 4.38. The van der Waals surface area contributed by atoms with Crippen LogP contribution in [0.4, 0.5) is 0 Å². The highest BCUT2D eigenvalue weighted by Gasteiger charge is 2.27. The monoisotopic (exact) mass is 238 g/mol. The van der Waals surface area contributed by atoms with Gasteiger partial charge in [0.2, 0.25) is 5.89 Å². The largest absolute Gasteiger partial charge is 0.339 e. The highest BCUT2D eigenvalue weighted by molar-refractivity contribution is 4.94. The van der Waals surface area contributed by atoms with Gasteiger partial charge in [-0.15, -0.1) is 0 Å². The number of nitrogens with zero attached hydrogens (tertiary/aromatic N) is 2. The van der Waals surface area contributed by atoms with Gasteiger partial charge in [-0.2, -0.15) is 4.98 Å². The molecule has 2 N–H and O–H groups in total. The van der Waals surface area contributed by atoms with E-state index in [4.69, 9.17) is 4.52 Å². The summed E-state index contributed by atoms with van der Waals surface area (Å²) in [7, 11) is 0. The summed E-state index contributed by atoms with van der Waals surface area (Å²) in [5, 5.41) is 10.8. The number of hydrogen-bond donors (Lipinski definition) is 2. The van der Waals surface area contributed by atoms with Crippen LogP contribution in [0.3, 0.4) is 0 Å². The van der Waals surface area contributed by atoms with Gasteiger partial charge < -0.3 is 15.2 Å². The van der Waals surface area contributed by atoms with Crippen LogP contribution in [0.15, 0.2) is 4.52 Å². The van der Waals surface area contributed by atoms with Crippen molar-refractivity contribution >= 4 is 0 Å². The Morgan fingerprint density at radius 1 is 1.53 bits per heavy atom. The van der Waals surface area contributed by atoms with Gasteiger partial charge >= 0.3 is 0 Å². The molecule has 0 radical (unpaired) electrons. The quantitative estimate of drug-likeness (QED) is 0.804. The van der Waals surface area contributed by atoms with Crippen LogP contribution in [0, 0.1) is 5.92 Å². The van der Waals surface area contributed by atoms with Crippen molar-refractivity contribution in [3.8, 4) is 0 Å². The number of aromatic nitrogens is 2. The van der Waals surface area contributed by atoms with Crippen molar-refractivity contribution < 1.29 is 4.52 Å². The number of rotatable bonds is 5. The van der Waals surface area contributed by atoms with Gasteiger partial charge in [0.1, 0.15) is 0 Å². The van der Waals surface area contributed by atoms with Crippen molar-refractivity contribution in [3.63, 3.8) is 0 Å². The lowest BCUT2D eigenvalue weighted by molar-refractivity contribution is 0.347. The molecule has 2 rings (SSSR count). The van der Waals surface area contributed by atoms with Crippen molar-refractivity contribution in [1.82, 2.24) is 20.8 Å². The van der Waals surface area contributed by atoms with E-state index >= 15 is 0 Å². The zero-order valence-electron chi connectivity index (χ0n) is 10.9. The van der Waals surface area contributed by atoms with E-state index in [1.165, 1.54) is 0 Å². The standard InChI is InChI=1S/C12H22N4O/c1-9(2)6-11-15-10(16-17-11)7-14-12(3)4-5-13-8-12/h9,13-14H,4-8H2,1-3H3. The smallest absolute Gasteiger partial charge is 0.226 e. The fourth-order valence-electron chi connectivity index (χ4n) is 2.05. The van der Waals surface area contributed by atoms with Crippen molar-refractivity contribution in [1.29, 1.82) is 0 Å². The van der Waals surface area contributed by atoms with Crippen molar-refractivity contribution in [2.75, 3.05) is 13.1 Å². The van der Waals surface area contributed by atoms with E-state index in [9.17, 15) is 0 Å². The molecule has 1 aliphatic heterocycles. The lowest BCUT2D eigenvalue weighted by Crippen LogP contribution is -2.43. The maximum Gasteiger partial charge on any atom is 0.226 e. The molecule has 1 fully saturated rings.